The lowest BCUT2D eigenvalue weighted by atomic mass is 9.87. The largest absolute Gasteiger partial charge is 0.317 e. The van der Waals surface area contributed by atoms with Crippen molar-refractivity contribution in [3.63, 3.8) is 0 Å². The molecule has 2 aromatic carbocycles. The molecule has 3 nitrogen and oxygen atoms in total. The number of carbonyl (C=O) groups excluding carboxylic acids is 1. The summed E-state index contributed by atoms with van der Waals surface area (Å²) in [5.41, 5.74) is 0.584. The Labute approximate surface area is 144 Å². The Morgan fingerprint density at radius 1 is 0.958 bits per heavy atom. The van der Waals surface area contributed by atoms with Crippen LogP contribution < -0.4 is 5.30 Å². The van der Waals surface area contributed by atoms with Crippen molar-refractivity contribution in [1.82, 2.24) is 0 Å². The molecule has 0 bridgehead atoms. The van der Waals surface area contributed by atoms with Gasteiger partial charge in [-0.15, -0.1) is 0 Å². The van der Waals surface area contributed by atoms with Crippen LogP contribution in [-0.4, -0.2) is 11.6 Å². The van der Waals surface area contributed by atoms with Crippen LogP contribution in [0.25, 0.3) is 0 Å². The molecular formula is C20H25O3P. The minimum atomic E-state index is -3.71. The molecule has 0 saturated heterocycles. The molecule has 0 fully saturated rings. The summed E-state index contributed by atoms with van der Waals surface area (Å²) in [5.74, 6) is 0. The van der Waals surface area contributed by atoms with Gasteiger partial charge in [-0.25, -0.2) is 0 Å². The first-order valence-corrected chi connectivity index (χ1v) is 9.77. The van der Waals surface area contributed by atoms with E-state index in [4.69, 9.17) is 4.52 Å². The molecule has 0 N–H and O–H groups in total. The lowest BCUT2D eigenvalue weighted by Gasteiger charge is -2.28. The van der Waals surface area contributed by atoms with Crippen LogP contribution >= 0.6 is 7.37 Å². The molecule has 2 aromatic rings. The van der Waals surface area contributed by atoms with E-state index in [2.05, 4.69) is 0 Å². The minimum Gasteiger partial charge on any atom is -0.317 e. The molecule has 0 spiro atoms. The summed E-state index contributed by atoms with van der Waals surface area (Å²) in [6.45, 7) is 9.71. The van der Waals surface area contributed by atoms with Crippen LogP contribution in [-0.2, 0) is 14.5 Å². The van der Waals surface area contributed by atoms with Crippen LogP contribution in [0.2, 0.25) is 0 Å². The van der Waals surface area contributed by atoms with Gasteiger partial charge in [0, 0.05) is 10.9 Å². The van der Waals surface area contributed by atoms with Crippen LogP contribution in [0.5, 0.6) is 0 Å². The molecule has 2 rings (SSSR count). The molecule has 0 aromatic heterocycles. The maximum Gasteiger partial charge on any atom is 0.301 e. The highest BCUT2D eigenvalue weighted by Crippen LogP contribution is 2.52. The number of carbonyl (C=O) groups is 1. The third-order valence-electron chi connectivity index (χ3n) is 3.68. The highest BCUT2D eigenvalue weighted by atomic mass is 31.2. The lowest BCUT2D eigenvalue weighted by Crippen LogP contribution is -2.27. The van der Waals surface area contributed by atoms with Crippen LogP contribution in [0.4, 0.5) is 0 Å². The van der Waals surface area contributed by atoms with Gasteiger partial charge in [0.1, 0.15) is 0 Å². The Bertz CT molecular complexity index is 758. The van der Waals surface area contributed by atoms with Crippen LogP contribution in [0.1, 0.15) is 50.5 Å². The van der Waals surface area contributed by atoms with Crippen molar-refractivity contribution >= 4 is 18.2 Å². The molecule has 24 heavy (non-hydrogen) atoms. The van der Waals surface area contributed by atoms with Gasteiger partial charge in [-0.2, -0.15) is 0 Å². The predicted octanol–water partition coefficient (Wildman–Crippen LogP) is 5.15. The molecule has 0 aliphatic carbocycles. The topological polar surface area (TPSA) is 43.4 Å². The van der Waals surface area contributed by atoms with E-state index in [1.807, 2.05) is 39.0 Å². The Balaban J connectivity index is 2.67. The first kappa shape index (κ1) is 18.6. The maximum absolute atomic E-state index is 13.8. The van der Waals surface area contributed by atoms with Gasteiger partial charge >= 0.3 is 7.37 Å². The number of rotatable bonds is 5. The van der Waals surface area contributed by atoms with Gasteiger partial charge in [-0.05, 0) is 30.9 Å². The monoisotopic (exact) mass is 344 g/mol. The first-order chi connectivity index (χ1) is 11.2. The molecule has 0 saturated carbocycles. The van der Waals surface area contributed by atoms with Crippen molar-refractivity contribution in [1.29, 1.82) is 0 Å². The van der Waals surface area contributed by atoms with Crippen molar-refractivity contribution in [2.24, 2.45) is 0 Å². The van der Waals surface area contributed by atoms with Crippen molar-refractivity contribution < 1.29 is 13.9 Å². The molecule has 0 aliphatic heterocycles. The molecule has 0 heterocycles. The molecule has 128 valence electrons. The maximum atomic E-state index is 13.8. The molecule has 1 atom stereocenters. The lowest BCUT2D eigenvalue weighted by molar-refractivity contribution is 0.104. The average Bonchev–Trinajstić information content (AvgIpc) is 2.53. The zero-order chi connectivity index (χ0) is 18.0. The van der Waals surface area contributed by atoms with Crippen molar-refractivity contribution in [2.45, 2.75) is 46.1 Å². The number of benzene rings is 2. The summed E-state index contributed by atoms with van der Waals surface area (Å²) in [6.07, 6.45) is -0.323. The van der Waals surface area contributed by atoms with E-state index in [1.54, 1.807) is 50.2 Å². The summed E-state index contributed by atoms with van der Waals surface area (Å²) in [7, 11) is -3.71. The minimum absolute atomic E-state index is 0.246. The van der Waals surface area contributed by atoms with Crippen molar-refractivity contribution in [3.8, 4) is 0 Å². The fourth-order valence-corrected chi connectivity index (χ4v) is 5.15. The normalized spacial score (nSPS) is 14.4. The Morgan fingerprint density at radius 2 is 1.50 bits per heavy atom. The first-order valence-electron chi connectivity index (χ1n) is 8.14. The fourth-order valence-electron chi connectivity index (χ4n) is 2.63. The van der Waals surface area contributed by atoms with E-state index >= 15 is 0 Å². The van der Waals surface area contributed by atoms with Gasteiger partial charge in [-0.1, -0.05) is 69.3 Å². The van der Waals surface area contributed by atoms with Crippen LogP contribution in [0.3, 0.4) is 0 Å². The zero-order valence-corrected chi connectivity index (χ0v) is 15.8. The Morgan fingerprint density at radius 3 is 2.04 bits per heavy atom. The number of hydrogen-bond acceptors (Lipinski definition) is 3. The van der Waals surface area contributed by atoms with Gasteiger partial charge in [0.15, 0.2) is 0 Å². The van der Waals surface area contributed by atoms with Crippen LogP contribution in [0.15, 0.2) is 54.6 Å². The highest BCUT2D eigenvalue weighted by Gasteiger charge is 2.40. The zero-order valence-electron chi connectivity index (χ0n) is 14.9. The molecule has 0 aliphatic rings. The number of hydrogen-bond donors (Lipinski definition) is 0. The SMILES string of the molecule is CC(C)OP(=O)(C(=O)c1ccccc1)c1ccccc1C(C)(C)C. The predicted molar refractivity (Wildman–Crippen MR) is 99.4 cm³/mol. The van der Waals surface area contributed by atoms with E-state index in [1.165, 1.54) is 0 Å². The van der Waals surface area contributed by atoms with Gasteiger partial charge in [0.25, 0.3) is 5.52 Å². The molecule has 0 amide bonds. The van der Waals surface area contributed by atoms with Crippen molar-refractivity contribution in [2.75, 3.05) is 0 Å². The summed E-state index contributed by atoms with van der Waals surface area (Å²) in [6, 6.07) is 16.1. The van der Waals surface area contributed by atoms with Gasteiger partial charge in [0.05, 0.1) is 6.10 Å². The summed E-state index contributed by atoms with van der Waals surface area (Å²) in [4.78, 5) is 13.1. The second-order valence-corrected chi connectivity index (χ2v) is 9.35. The van der Waals surface area contributed by atoms with Gasteiger partial charge in [0.2, 0.25) is 0 Å². The Kier molecular flexibility index (Phi) is 5.47. The van der Waals surface area contributed by atoms with E-state index < -0.39 is 12.9 Å². The fraction of sp³-hybridized carbons (Fsp3) is 0.350. The second kappa shape index (κ2) is 7.04. The van der Waals surface area contributed by atoms with E-state index in [0.717, 1.165) is 5.56 Å². The van der Waals surface area contributed by atoms with Crippen molar-refractivity contribution in [3.05, 3.63) is 65.7 Å². The third kappa shape index (κ3) is 3.85. The highest BCUT2D eigenvalue weighted by molar-refractivity contribution is 7.83. The molecule has 4 heteroatoms. The second-order valence-electron chi connectivity index (χ2n) is 7.14. The summed E-state index contributed by atoms with van der Waals surface area (Å²) >= 11 is 0. The molecule has 0 radical (unpaired) electrons. The van der Waals surface area contributed by atoms with E-state index in [-0.39, 0.29) is 11.5 Å². The third-order valence-corrected chi connectivity index (χ3v) is 6.21. The van der Waals surface area contributed by atoms with E-state index in [9.17, 15) is 9.36 Å². The smallest absolute Gasteiger partial charge is 0.301 e. The summed E-state index contributed by atoms with van der Waals surface area (Å²) in [5, 5.41) is 0.500. The average molecular weight is 344 g/mol. The van der Waals surface area contributed by atoms with Gasteiger partial charge in [-0.3, -0.25) is 9.36 Å². The quantitative estimate of drug-likeness (QED) is 0.704. The van der Waals surface area contributed by atoms with Gasteiger partial charge < -0.3 is 4.52 Å². The standard InChI is InChI=1S/C20H25O3P/c1-15(2)23-24(22,19(21)16-11-7-6-8-12-16)18-14-10-9-13-17(18)20(3,4)5/h6-15H,1-5H3. The van der Waals surface area contributed by atoms with E-state index in [0.29, 0.717) is 10.9 Å². The Hall–Kier alpha value is -1.70. The summed E-state index contributed by atoms with van der Waals surface area (Å²) < 4.78 is 19.6. The molecular weight excluding hydrogens is 319 g/mol. The molecule has 1 unspecified atom stereocenters. The van der Waals surface area contributed by atoms with Crippen LogP contribution in [0, 0.1) is 0 Å².